The molecule has 1 rings (SSSR count). The van der Waals surface area contributed by atoms with Crippen LogP contribution in [0.2, 0.25) is 5.02 Å². The van der Waals surface area contributed by atoms with Crippen LogP contribution in [0.25, 0.3) is 0 Å². The number of aliphatic hydroxyl groups excluding tert-OH is 1. The van der Waals surface area contributed by atoms with Crippen LogP contribution in [0.15, 0.2) is 12.1 Å². The maximum absolute atomic E-state index is 13.3. The number of hydrogen-bond donors (Lipinski definition) is 2. The molecule has 1 aromatic rings. The average Bonchev–Trinajstić information content (AvgIpc) is 2.13. The molecule has 3 N–H and O–H groups in total. The lowest BCUT2D eigenvalue weighted by Crippen LogP contribution is -2.10. The van der Waals surface area contributed by atoms with Crippen molar-refractivity contribution in [3.63, 3.8) is 0 Å². The number of hydrogen-bond acceptors (Lipinski definition) is 2. The molecule has 1 aromatic carbocycles. The van der Waals surface area contributed by atoms with Gasteiger partial charge >= 0.3 is 0 Å². The number of aliphatic hydroxyl groups is 1. The molecule has 14 heavy (non-hydrogen) atoms. The van der Waals surface area contributed by atoms with Crippen LogP contribution in [0, 0.1) is 11.6 Å². The smallest absolute Gasteiger partial charge is 0.150 e. The number of nitrogens with two attached hydrogens (primary N) is 1. The second-order valence-corrected chi connectivity index (χ2v) is 3.26. The van der Waals surface area contributed by atoms with Gasteiger partial charge in [-0.25, -0.2) is 8.78 Å². The van der Waals surface area contributed by atoms with Gasteiger partial charge in [0.2, 0.25) is 0 Å². The van der Waals surface area contributed by atoms with E-state index in [0.717, 1.165) is 12.1 Å². The summed E-state index contributed by atoms with van der Waals surface area (Å²) in [5.74, 6) is -1.74. The fourth-order valence-corrected chi connectivity index (χ4v) is 1.32. The van der Waals surface area contributed by atoms with E-state index in [0.29, 0.717) is 0 Å². The molecule has 5 heteroatoms. The predicted octanol–water partition coefficient (Wildman–Crippen LogP) is 2.00. The summed E-state index contributed by atoms with van der Waals surface area (Å²) in [6.07, 6.45) is -1.16. The topological polar surface area (TPSA) is 46.2 Å². The first-order chi connectivity index (χ1) is 6.57. The lowest BCUT2D eigenvalue weighted by molar-refractivity contribution is 0.160. The number of benzene rings is 1. The first-order valence-electron chi connectivity index (χ1n) is 4.09. The molecule has 78 valence electrons. The molecule has 0 aliphatic rings. The van der Waals surface area contributed by atoms with Crippen LogP contribution in [-0.2, 0) is 0 Å². The van der Waals surface area contributed by atoms with Crippen LogP contribution in [0.5, 0.6) is 0 Å². The van der Waals surface area contributed by atoms with Crippen LogP contribution in [-0.4, -0.2) is 11.7 Å². The number of rotatable bonds is 3. The molecular formula is C9H10ClF2NO. The van der Waals surface area contributed by atoms with Crippen molar-refractivity contribution in [1.82, 2.24) is 0 Å². The zero-order valence-corrected chi connectivity index (χ0v) is 8.06. The molecule has 2 nitrogen and oxygen atoms in total. The van der Waals surface area contributed by atoms with E-state index < -0.39 is 23.3 Å². The van der Waals surface area contributed by atoms with E-state index in [-0.39, 0.29) is 18.0 Å². The highest BCUT2D eigenvalue weighted by molar-refractivity contribution is 6.30. The van der Waals surface area contributed by atoms with Crippen LogP contribution < -0.4 is 5.73 Å². The second kappa shape index (κ2) is 4.68. The Morgan fingerprint density at radius 2 is 2.07 bits per heavy atom. The average molecular weight is 222 g/mol. The van der Waals surface area contributed by atoms with Crippen LogP contribution >= 0.6 is 11.6 Å². The molecule has 0 aliphatic carbocycles. The molecule has 0 radical (unpaired) electrons. The number of halogens is 3. The molecule has 0 fully saturated rings. The van der Waals surface area contributed by atoms with Gasteiger partial charge in [-0.1, -0.05) is 11.6 Å². The first kappa shape index (κ1) is 11.4. The minimum absolute atomic E-state index is 0.0915. The van der Waals surface area contributed by atoms with Gasteiger partial charge in [0, 0.05) is 0 Å². The Bertz CT molecular complexity index is 333. The van der Waals surface area contributed by atoms with Crippen LogP contribution in [0.4, 0.5) is 8.78 Å². The molecule has 1 atom stereocenters. The van der Waals surface area contributed by atoms with Gasteiger partial charge in [-0.2, -0.15) is 0 Å². The van der Waals surface area contributed by atoms with Gasteiger partial charge in [-0.15, -0.1) is 0 Å². The Morgan fingerprint density at radius 3 is 2.64 bits per heavy atom. The van der Waals surface area contributed by atoms with Crippen molar-refractivity contribution in [1.29, 1.82) is 0 Å². The largest absolute Gasteiger partial charge is 0.388 e. The summed E-state index contributed by atoms with van der Waals surface area (Å²) in [4.78, 5) is 0. The third-order valence-corrected chi connectivity index (χ3v) is 2.14. The Balaban J connectivity index is 3.11. The Hall–Kier alpha value is -0.710. The minimum atomic E-state index is -1.25. The molecule has 0 aromatic heterocycles. The summed E-state index contributed by atoms with van der Waals surface area (Å²) in [6.45, 7) is 0.145. The van der Waals surface area contributed by atoms with Gasteiger partial charge in [-0.05, 0) is 25.1 Å². The highest BCUT2D eigenvalue weighted by Crippen LogP contribution is 2.27. The van der Waals surface area contributed by atoms with Crippen LogP contribution in [0.1, 0.15) is 18.1 Å². The lowest BCUT2D eigenvalue weighted by atomic mass is 10.1. The van der Waals surface area contributed by atoms with E-state index in [1.165, 1.54) is 0 Å². The van der Waals surface area contributed by atoms with E-state index >= 15 is 0 Å². The minimum Gasteiger partial charge on any atom is -0.388 e. The summed E-state index contributed by atoms with van der Waals surface area (Å²) in [5.41, 5.74) is 4.75. The fraction of sp³-hybridized carbons (Fsp3) is 0.333. The third kappa shape index (κ3) is 2.20. The van der Waals surface area contributed by atoms with Gasteiger partial charge in [0.1, 0.15) is 5.82 Å². The van der Waals surface area contributed by atoms with E-state index in [9.17, 15) is 13.9 Å². The van der Waals surface area contributed by atoms with Crippen molar-refractivity contribution < 1.29 is 13.9 Å². The Morgan fingerprint density at radius 1 is 1.43 bits per heavy atom. The standard InChI is InChI=1S/C9H10ClF2NO/c10-5-1-2-6(11)8(9(5)12)7(14)3-4-13/h1-2,7,14H,3-4,13H2/t7-/m0/s1. The zero-order valence-electron chi connectivity index (χ0n) is 7.30. The highest BCUT2D eigenvalue weighted by atomic mass is 35.5. The summed E-state index contributed by atoms with van der Waals surface area (Å²) in [7, 11) is 0. The van der Waals surface area contributed by atoms with E-state index in [4.69, 9.17) is 17.3 Å². The summed E-state index contributed by atoms with van der Waals surface area (Å²) < 4.78 is 26.4. The molecule has 0 aliphatic heterocycles. The summed E-state index contributed by atoms with van der Waals surface area (Å²) >= 11 is 5.45. The zero-order chi connectivity index (χ0) is 10.7. The normalized spacial score (nSPS) is 12.9. The van der Waals surface area contributed by atoms with E-state index in [1.807, 2.05) is 0 Å². The van der Waals surface area contributed by atoms with Gasteiger partial charge in [0.15, 0.2) is 5.82 Å². The van der Waals surface area contributed by atoms with Crippen molar-refractivity contribution in [2.24, 2.45) is 5.73 Å². The molecule has 0 spiro atoms. The van der Waals surface area contributed by atoms with Crippen molar-refractivity contribution in [3.05, 3.63) is 34.4 Å². The van der Waals surface area contributed by atoms with E-state index in [2.05, 4.69) is 0 Å². The summed E-state index contributed by atoms with van der Waals surface area (Å²) in [6, 6.07) is 2.12. The molecule has 0 heterocycles. The van der Waals surface area contributed by atoms with E-state index in [1.54, 1.807) is 0 Å². The predicted molar refractivity (Wildman–Crippen MR) is 50.0 cm³/mol. The monoisotopic (exact) mass is 221 g/mol. The summed E-state index contributed by atoms with van der Waals surface area (Å²) in [5, 5.41) is 9.18. The van der Waals surface area contributed by atoms with Gasteiger partial charge in [-0.3, -0.25) is 0 Å². The molecule has 0 saturated carbocycles. The van der Waals surface area contributed by atoms with Gasteiger partial charge < -0.3 is 10.8 Å². The van der Waals surface area contributed by atoms with Crippen molar-refractivity contribution in [2.75, 3.05) is 6.54 Å². The maximum atomic E-state index is 13.3. The molecular weight excluding hydrogens is 212 g/mol. The fourth-order valence-electron chi connectivity index (χ4n) is 1.15. The molecule has 0 bridgehead atoms. The second-order valence-electron chi connectivity index (χ2n) is 2.85. The van der Waals surface area contributed by atoms with Crippen molar-refractivity contribution in [3.8, 4) is 0 Å². The van der Waals surface area contributed by atoms with Gasteiger partial charge in [0.25, 0.3) is 0 Å². The molecule has 0 unspecified atom stereocenters. The highest BCUT2D eigenvalue weighted by Gasteiger charge is 2.19. The maximum Gasteiger partial charge on any atom is 0.150 e. The lowest BCUT2D eigenvalue weighted by Gasteiger charge is -2.12. The first-order valence-corrected chi connectivity index (χ1v) is 4.47. The molecule has 0 saturated heterocycles. The van der Waals surface area contributed by atoms with Crippen molar-refractivity contribution >= 4 is 11.6 Å². The Kier molecular flexibility index (Phi) is 3.80. The third-order valence-electron chi connectivity index (χ3n) is 1.85. The molecule has 0 amide bonds. The quantitative estimate of drug-likeness (QED) is 0.767. The van der Waals surface area contributed by atoms with Crippen LogP contribution in [0.3, 0.4) is 0 Å². The van der Waals surface area contributed by atoms with Gasteiger partial charge in [0.05, 0.1) is 16.7 Å². The SMILES string of the molecule is NCC[C@H](O)c1c(F)ccc(Cl)c1F. The van der Waals surface area contributed by atoms with Crippen molar-refractivity contribution in [2.45, 2.75) is 12.5 Å². The Labute approximate surface area is 85.3 Å².